The quantitative estimate of drug-likeness (QED) is 0.816. The maximum atomic E-state index is 12.1. The van der Waals surface area contributed by atoms with Crippen molar-refractivity contribution in [2.45, 2.75) is 12.6 Å². The van der Waals surface area contributed by atoms with Crippen molar-refractivity contribution in [1.29, 1.82) is 0 Å². The number of aromatic nitrogens is 1. The number of methoxy groups -OCH3 is 1. The summed E-state index contributed by atoms with van der Waals surface area (Å²) in [6, 6.07) is 2.09. The molecule has 0 radical (unpaired) electrons. The van der Waals surface area contributed by atoms with Gasteiger partial charge in [-0.3, -0.25) is 0 Å². The van der Waals surface area contributed by atoms with E-state index in [0.717, 1.165) is 5.56 Å². The van der Waals surface area contributed by atoms with Crippen molar-refractivity contribution in [1.82, 2.24) is 15.2 Å². The minimum Gasteiger partial charge on any atom is -0.481 e. The summed E-state index contributed by atoms with van der Waals surface area (Å²) in [5, 5.41) is 11.8. The molecule has 0 aliphatic carbocycles. The summed E-state index contributed by atoms with van der Waals surface area (Å²) in [5.74, 6) is -0.583. The molecule has 0 spiro atoms. The summed E-state index contributed by atoms with van der Waals surface area (Å²) < 4.78 is 10.0. The standard InChI is InChI=1S/C13H17N3O5/c1-20-11-3-2-9(6-14-11)7-15-13(19)16-4-5-21-8-10(16)12(17)18/h2-3,6,10H,4-5,7-8H2,1H3,(H,15,19)(H,17,18). The minimum absolute atomic E-state index is 0.00679. The number of nitrogens with one attached hydrogen (secondary N) is 1. The highest BCUT2D eigenvalue weighted by molar-refractivity contribution is 5.83. The number of hydrogen-bond donors (Lipinski definition) is 2. The summed E-state index contributed by atoms with van der Waals surface area (Å²) >= 11 is 0. The summed E-state index contributed by atoms with van der Waals surface area (Å²) in [4.78, 5) is 28.4. The third-order valence-corrected chi connectivity index (χ3v) is 3.12. The van der Waals surface area contributed by atoms with Gasteiger partial charge in [-0.1, -0.05) is 6.07 Å². The Kier molecular flexibility index (Phi) is 4.94. The first-order chi connectivity index (χ1) is 10.1. The van der Waals surface area contributed by atoms with Crippen molar-refractivity contribution in [3.05, 3.63) is 23.9 Å². The molecular weight excluding hydrogens is 278 g/mol. The molecular formula is C13H17N3O5. The molecule has 2 heterocycles. The van der Waals surface area contributed by atoms with Crippen LogP contribution >= 0.6 is 0 Å². The highest BCUT2D eigenvalue weighted by Crippen LogP contribution is 2.09. The first-order valence-electron chi connectivity index (χ1n) is 6.45. The number of urea groups is 1. The van der Waals surface area contributed by atoms with Crippen LogP contribution in [0.1, 0.15) is 5.56 Å². The van der Waals surface area contributed by atoms with Crippen molar-refractivity contribution >= 4 is 12.0 Å². The van der Waals surface area contributed by atoms with Crippen LogP contribution in [0.5, 0.6) is 5.88 Å². The van der Waals surface area contributed by atoms with Crippen LogP contribution in [0.4, 0.5) is 4.79 Å². The first-order valence-corrected chi connectivity index (χ1v) is 6.45. The number of amides is 2. The number of aliphatic carboxylic acids is 1. The summed E-state index contributed by atoms with van der Waals surface area (Å²) in [6.07, 6.45) is 1.59. The lowest BCUT2D eigenvalue weighted by Crippen LogP contribution is -2.55. The number of ether oxygens (including phenoxy) is 2. The Labute approximate surface area is 121 Å². The van der Waals surface area contributed by atoms with Gasteiger partial charge in [0.25, 0.3) is 0 Å². The third kappa shape index (κ3) is 3.82. The van der Waals surface area contributed by atoms with E-state index in [1.165, 1.54) is 12.0 Å². The van der Waals surface area contributed by atoms with E-state index in [9.17, 15) is 9.59 Å². The van der Waals surface area contributed by atoms with Crippen LogP contribution in [0.2, 0.25) is 0 Å². The van der Waals surface area contributed by atoms with E-state index in [2.05, 4.69) is 10.3 Å². The zero-order valence-corrected chi connectivity index (χ0v) is 11.6. The molecule has 1 fully saturated rings. The number of pyridine rings is 1. The van der Waals surface area contributed by atoms with Gasteiger partial charge in [-0.05, 0) is 5.56 Å². The number of carboxylic acids is 1. The van der Waals surface area contributed by atoms with Gasteiger partial charge in [0.1, 0.15) is 0 Å². The second kappa shape index (κ2) is 6.89. The molecule has 114 valence electrons. The molecule has 8 heteroatoms. The van der Waals surface area contributed by atoms with Gasteiger partial charge in [-0.2, -0.15) is 0 Å². The molecule has 8 nitrogen and oxygen atoms in total. The zero-order chi connectivity index (χ0) is 15.2. The van der Waals surface area contributed by atoms with E-state index in [4.69, 9.17) is 14.6 Å². The number of carbonyl (C=O) groups excluding carboxylic acids is 1. The molecule has 1 aromatic rings. The average molecular weight is 295 g/mol. The fourth-order valence-corrected chi connectivity index (χ4v) is 1.97. The predicted octanol–water partition coefficient (Wildman–Crippen LogP) is 0.0852. The Bertz CT molecular complexity index is 505. The fourth-order valence-electron chi connectivity index (χ4n) is 1.97. The van der Waals surface area contributed by atoms with E-state index >= 15 is 0 Å². The lowest BCUT2D eigenvalue weighted by atomic mass is 10.2. The Morgan fingerprint density at radius 2 is 2.38 bits per heavy atom. The second-order valence-corrected chi connectivity index (χ2v) is 4.49. The number of carboxylic acid groups (broad SMARTS) is 1. The van der Waals surface area contributed by atoms with Crippen LogP contribution in [-0.4, -0.2) is 59.9 Å². The molecule has 21 heavy (non-hydrogen) atoms. The number of hydrogen-bond acceptors (Lipinski definition) is 5. The van der Waals surface area contributed by atoms with E-state index in [-0.39, 0.29) is 19.7 Å². The van der Waals surface area contributed by atoms with Crippen molar-refractivity contribution in [3.8, 4) is 5.88 Å². The molecule has 2 rings (SSSR count). The van der Waals surface area contributed by atoms with Gasteiger partial charge >= 0.3 is 12.0 Å². The van der Waals surface area contributed by atoms with Crippen LogP contribution in [0, 0.1) is 0 Å². The highest BCUT2D eigenvalue weighted by atomic mass is 16.5. The number of rotatable bonds is 4. The molecule has 1 unspecified atom stereocenters. The maximum Gasteiger partial charge on any atom is 0.328 e. The van der Waals surface area contributed by atoms with E-state index in [0.29, 0.717) is 12.5 Å². The molecule has 2 N–H and O–H groups in total. The summed E-state index contributed by atoms with van der Waals surface area (Å²) in [6.45, 7) is 0.858. The molecule has 0 saturated carbocycles. The topological polar surface area (TPSA) is 101 Å². The Morgan fingerprint density at radius 3 is 3.00 bits per heavy atom. The van der Waals surface area contributed by atoms with Gasteiger partial charge < -0.3 is 24.8 Å². The number of nitrogens with zero attached hydrogens (tertiary/aromatic N) is 2. The average Bonchev–Trinajstić information content (AvgIpc) is 2.53. The maximum absolute atomic E-state index is 12.1. The molecule has 0 bridgehead atoms. The largest absolute Gasteiger partial charge is 0.481 e. The van der Waals surface area contributed by atoms with Crippen LogP contribution < -0.4 is 10.1 Å². The van der Waals surface area contributed by atoms with Crippen molar-refractivity contribution in [2.75, 3.05) is 26.9 Å². The first kappa shape index (κ1) is 15.0. The van der Waals surface area contributed by atoms with Crippen molar-refractivity contribution < 1.29 is 24.2 Å². The molecule has 1 aromatic heterocycles. The lowest BCUT2D eigenvalue weighted by molar-refractivity contribution is -0.147. The molecule has 2 amide bonds. The predicted molar refractivity (Wildman–Crippen MR) is 72.0 cm³/mol. The third-order valence-electron chi connectivity index (χ3n) is 3.12. The molecule has 1 atom stereocenters. The summed E-state index contributed by atoms with van der Waals surface area (Å²) in [5.41, 5.74) is 0.796. The molecule has 1 aliphatic rings. The van der Waals surface area contributed by atoms with Crippen LogP contribution in [-0.2, 0) is 16.1 Å². The van der Waals surface area contributed by atoms with Gasteiger partial charge in [-0.15, -0.1) is 0 Å². The summed E-state index contributed by atoms with van der Waals surface area (Å²) in [7, 11) is 1.52. The van der Waals surface area contributed by atoms with E-state index in [1.807, 2.05) is 0 Å². The molecule has 1 saturated heterocycles. The Hall–Kier alpha value is -2.35. The van der Waals surface area contributed by atoms with Gasteiger partial charge in [0.15, 0.2) is 6.04 Å². The van der Waals surface area contributed by atoms with Crippen LogP contribution in [0.15, 0.2) is 18.3 Å². The normalized spacial score (nSPS) is 18.1. The minimum atomic E-state index is -1.07. The van der Waals surface area contributed by atoms with Crippen molar-refractivity contribution in [3.63, 3.8) is 0 Å². The number of morpholine rings is 1. The van der Waals surface area contributed by atoms with E-state index in [1.54, 1.807) is 18.3 Å². The van der Waals surface area contributed by atoms with Crippen LogP contribution in [0.25, 0.3) is 0 Å². The van der Waals surface area contributed by atoms with E-state index < -0.39 is 18.0 Å². The van der Waals surface area contributed by atoms with Gasteiger partial charge in [0.05, 0.1) is 20.3 Å². The smallest absolute Gasteiger partial charge is 0.328 e. The second-order valence-electron chi connectivity index (χ2n) is 4.49. The molecule has 1 aliphatic heterocycles. The van der Waals surface area contributed by atoms with Gasteiger partial charge in [0.2, 0.25) is 5.88 Å². The van der Waals surface area contributed by atoms with Gasteiger partial charge in [-0.25, -0.2) is 14.6 Å². The Morgan fingerprint density at radius 1 is 1.57 bits per heavy atom. The van der Waals surface area contributed by atoms with Crippen LogP contribution in [0.3, 0.4) is 0 Å². The fraction of sp³-hybridized carbons (Fsp3) is 0.462. The Balaban J connectivity index is 1.91. The number of carbonyl (C=O) groups is 2. The zero-order valence-electron chi connectivity index (χ0n) is 11.6. The van der Waals surface area contributed by atoms with Crippen molar-refractivity contribution in [2.24, 2.45) is 0 Å². The lowest BCUT2D eigenvalue weighted by Gasteiger charge is -2.32. The van der Waals surface area contributed by atoms with Gasteiger partial charge in [0, 0.05) is 25.4 Å². The monoisotopic (exact) mass is 295 g/mol. The SMILES string of the molecule is COc1ccc(CNC(=O)N2CCOCC2C(=O)O)cn1. The highest BCUT2D eigenvalue weighted by Gasteiger charge is 2.32. The molecule has 0 aromatic carbocycles.